The first-order valence-electron chi connectivity index (χ1n) is 7.65. The number of carbonyl (C=O) groups is 1. The summed E-state index contributed by atoms with van der Waals surface area (Å²) in [6, 6.07) is 19.0. The molecule has 3 aromatic rings. The molecule has 0 fully saturated rings. The standard InChI is InChI=1S/C19H15N3OS2/c1-13(18(23)21-16-10-6-5-9-15(16)11-20)25-19-22-17(12-24-19)14-7-3-2-4-8-14/h2-10,12-13H,1H3,(H,21,23). The number of hydrogen-bond acceptors (Lipinski definition) is 5. The Morgan fingerprint density at radius 2 is 1.92 bits per heavy atom. The molecule has 1 N–H and O–H groups in total. The Balaban J connectivity index is 1.66. The molecule has 0 aliphatic heterocycles. The molecule has 3 rings (SSSR count). The van der Waals surface area contributed by atoms with Crippen LogP contribution in [-0.4, -0.2) is 16.1 Å². The predicted molar refractivity (Wildman–Crippen MR) is 103 cm³/mol. The minimum atomic E-state index is -0.318. The molecule has 1 aromatic heterocycles. The summed E-state index contributed by atoms with van der Waals surface area (Å²) >= 11 is 2.94. The Kier molecular flexibility index (Phi) is 5.49. The molecule has 0 saturated heterocycles. The minimum Gasteiger partial charge on any atom is -0.324 e. The first-order chi connectivity index (χ1) is 12.2. The van der Waals surface area contributed by atoms with Gasteiger partial charge in [-0.3, -0.25) is 4.79 Å². The SMILES string of the molecule is CC(Sc1nc(-c2ccccc2)cs1)C(=O)Nc1ccccc1C#N. The zero-order valence-electron chi connectivity index (χ0n) is 13.5. The van der Waals surface area contributed by atoms with Crippen LogP contribution < -0.4 is 5.32 Å². The number of nitriles is 1. The number of carbonyl (C=O) groups excluding carboxylic acids is 1. The van der Waals surface area contributed by atoms with Gasteiger partial charge in [-0.1, -0.05) is 54.2 Å². The fraction of sp³-hybridized carbons (Fsp3) is 0.105. The molecule has 1 atom stereocenters. The Labute approximate surface area is 154 Å². The van der Waals surface area contributed by atoms with E-state index >= 15 is 0 Å². The molecule has 0 aliphatic carbocycles. The number of rotatable bonds is 5. The second-order valence-corrected chi connectivity index (χ2v) is 7.72. The van der Waals surface area contributed by atoms with Crippen molar-refractivity contribution < 1.29 is 4.79 Å². The third kappa shape index (κ3) is 4.27. The van der Waals surface area contributed by atoms with Gasteiger partial charge in [-0.05, 0) is 19.1 Å². The number of nitrogens with one attached hydrogen (secondary N) is 1. The molecule has 4 nitrogen and oxygen atoms in total. The van der Waals surface area contributed by atoms with Gasteiger partial charge in [0.25, 0.3) is 0 Å². The van der Waals surface area contributed by atoms with Gasteiger partial charge in [0.1, 0.15) is 6.07 Å². The zero-order valence-corrected chi connectivity index (χ0v) is 15.1. The van der Waals surface area contributed by atoms with E-state index in [2.05, 4.69) is 16.4 Å². The number of benzene rings is 2. The fourth-order valence-corrected chi connectivity index (χ4v) is 4.15. The molecule has 0 spiro atoms. The van der Waals surface area contributed by atoms with Gasteiger partial charge in [-0.15, -0.1) is 11.3 Å². The van der Waals surface area contributed by atoms with E-state index in [0.29, 0.717) is 11.3 Å². The highest BCUT2D eigenvalue weighted by Crippen LogP contribution is 2.31. The topological polar surface area (TPSA) is 65.8 Å². The molecule has 1 unspecified atom stereocenters. The van der Waals surface area contributed by atoms with Gasteiger partial charge in [-0.25, -0.2) is 4.98 Å². The third-order valence-electron chi connectivity index (χ3n) is 3.50. The maximum Gasteiger partial charge on any atom is 0.237 e. The normalized spacial score (nSPS) is 11.5. The van der Waals surface area contributed by atoms with Crippen LogP contribution in [0.25, 0.3) is 11.3 Å². The van der Waals surface area contributed by atoms with E-state index in [1.165, 1.54) is 23.1 Å². The maximum absolute atomic E-state index is 12.4. The van der Waals surface area contributed by atoms with Crippen molar-refractivity contribution in [3.05, 3.63) is 65.5 Å². The summed E-state index contributed by atoms with van der Waals surface area (Å²) in [6.07, 6.45) is 0. The lowest BCUT2D eigenvalue weighted by Crippen LogP contribution is -2.22. The molecular formula is C19H15N3OS2. The van der Waals surface area contributed by atoms with Crippen LogP contribution in [0.15, 0.2) is 64.3 Å². The van der Waals surface area contributed by atoms with Crippen molar-refractivity contribution in [1.82, 2.24) is 4.98 Å². The fourth-order valence-electron chi connectivity index (χ4n) is 2.18. The number of thioether (sulfide) groups is 1. The summed E-state index contributed by atoms with van der Waals surface area (Å²) in [5.41, 5.74) is 2.96. The Morgan fingerprint density at radius 1 is 1.20 bits per heavy atom. The van der Waals surface area contributed by atoms with Crippen LogP contribution in [0, 0.1) is 11.3 Å². The number of thiazole rings is 1. The number of para-hydroxylation sites is 1. The summed E-state index contributed by atoms with van der Waals surface area (Å²) < 4.78 is 0.843. The minimum absolute atomic E-state index is 0.149. The van der Waals surface area contributed by atoms with Crippen LogP contribution in [0.3, 0.4) is 0 Å². The average molecular weight is 365 g/mol. The first-order valence-corrected chi connectivity index (χ1v) is 9.41. The van der Waals surface area contributed by atoms with E-state index in [9.17, 15) is 4.79 Å². The molecule has 0 bridgehead atoms. The van der Waals surface area contributed by atoms with Crippen molar-refractivity contribution in [2.75, 3.05) is 5.32 Å². The molecule has 6 heteroatoms. The second kappa shape index (κ2) is 7.97. The highest BCUT2D eigenvalue weighted by atomic mass is 32.2. The molecule has 0 saturated carbocycles. The van der Waals surface area contributed by atoms with Crippen LogP contribution in [0.5, 0.6) is 0 Å². The molecule has 2 aromatic carbocycles. The van der Waals surface area contributed by atoms with Crippen LogP contribution in [-0.2, 0) is 4.79 Å². The lowest BCUT2D eigenvalue weighted by Gasteiger charge is -2.11. The quantitative estimate of drug-likeness (QED) is 0.660. The molecular weight excluding hydrogens is 350 g/mol. The van der Waals surface area contributed by atoms with E-state index in [4.69, 9.17) is 5.26 Å². The van der Waals surface area contributed by atoms with Gasteiger partial charge in [0.05, 0.1) is 22.2 Å². The van der Waals surface area contributed by atoms with Gasteiger partial charge in [-0.2, -0.15) is 5.26 Å². The summed E-state index contributed by atoms with van der Waals surface area (Å²) in [5, 5.41) is 13.6. The maximum atomic E-state index is 12.4. The lowest BCUT2D eigenvalue weighted by atomic mass is 10.2. The van der Waals surface area contributed by atoms with Crippen molar-refractivity contribution in [2.45, 2.75) is 16.5 Å². The number of nitrogens with zero attached hydrogens (tertiary/aromatic N) is 2. The number of anilines is 1. The van der Waals surface area contributed by atoms with Crippen LogP contribution >= 0.6 is 23.1 Å². The summed E-state index contributed by atoms with van der Waals surface area (Å²) in [6.45, 7) is 1.83. The van der Waals surface area contributed by atoms with Crippen LogP contribution in [0.4, 0.5) is 5.69 Å². The van der Waals surface area contributed by atoms with Gasteiger partial charge >= 0.3 is 0 Å². The van der Waals surface area contributed by atoms with E-state index in [-0.39, 0.29) is 11.2 Å². The average Bonchev–Trinajstić information content (AvgIpc) is 3.11. The third-order valence-corrected chi connectivity index (χ3v) is 5.58. The Hall–Kier alpha value is -2.62. The van der Waals surface area contributed by atoms with Crippen molar-refractivity contribution in [2.24, 2.45) is 0 Å². The monoisotopic (exact) mass is 365 g/mol. The molecule has 0 aliphatic rings. The predicted octanol–water partition coefficient (Wildman–Crippen LogP) is 4.80. The summed E-state index contributed by atoms with van der Waals surface area (Å²) in [4.78, 5) is 17.0. The molecule has 1 amide bonds. The van der Waals surface area contributed by atoms with Crippen molar-refractivity contribution >= 4 is 34.7 Å². The smallest absolute Gasteiger partial charge is 0.237 e. The summed E-state index contributed by atoms with van der Waals surface area (Å²) in [7, 11) is 0. The van der Waals surface area contributed by atoms with Crippen LogP contribution in [0.1, 0.15) is 12.5 Å². The molecule has 1 heterocycles. The largest absolute Gasteiger partial charge is 0.324 e. The molecule has 25 heavy (non-hydrogen) atoms. The van der Waals surface area contributed by atoms with Crippen molar-refractivity contribution in [1.29, 1.82) is 5.26 Å². The second-order valence-electron chi connectivity index (χ2n) is 5.27. The number of amides is 1. The van der Waals surface area contributed by atoms with Crippen LogP contribution in [0.2, 0.25) is 0 Å². The van der Waals surface area contributed by atoms with E-state index in [0.717, 1.165) is 15.6 Å². The number of hydrogen-bond donors (Lipinski definition) is 1. The molecule has 0 radical (unpaired) electrons. The Morgan fingerprint density at radius 3 is 2.68 bits per heavy atom. The van der Waals surface area contributed by atoms with Crippen molar-refractivity contribution in [3.63, 3.8) is 0 Å². The van der Waals surface area contributed by atoms with Gasteiger partial charge in [0.15, 0.2) is 4.34 Å². The highest BCUT2D eigenvalue weighted by Gasteiger charge is 2.18. The molecule has 124 valence electrons. The summed E-state index contributed by atoms with van der Waals surface area (Å²) in [5.74, 6) is -0.149. The van der Waals surface area contributed by atoms with E-state index in [1.807, 2.05) is 42.6 Å². The van der Waals surface area contributed by atoms with E-state index in [1.54, 1.807) is 24.3 Å². The van der Waals surface area contributed by atoms with Gasteiger partial charge < -0.3 is 5.32 Å². The first kappa shape index (κ1) is 17.2. The van der Waals surface area contributed by atoms with Gasteiger partial charge in [0.2, 0.25) is 5.91 Å². The van der Waals surface area contributed by atoms with Crippen molar-refractivity contribution in [3.8, 4) is 17.3 Å². The van der Waals surface area contributed by atoms with E-state index < -0.39 is 0 Å². The van der Waals surface area contributed by atoms with Gasteiger partial charge in [0, 0.05) is 10.9 Å². The lowest BCUT2D eigenvalue weighted by molar-refractivity contribution is -0.115. The number of aromatic nitrogens is 1. The highest BCUT2D eigenvalue weighted by molar-refractivity contribution is 8.02. The Bertz CT molecular complexity index is 916. The zero-order chi connectivity index (χ0) is 17.6.